The molecule has 9 heteroatoms. The first kappa shape index (κ1) is 21.6. The minimum absolute atomic E-state index is 0.163. The Balaban J connectivity index is 1.45. The number of halogens is 1. The van der Waals surface area contributed by atoms with Crippen LogP contribution in [0.5, 0.6) is 0 Å². The van der Waals surface area contributed by atoms with Crippen LogP contribution in [-0.2, 0) is 16.4 Å². The van der Waals surface area contributed by atoms with Crippen LogP contribution in [0.15, 0.2) is 53.7 Å². The number of nitrogens with one attached hydrogen (secondary N) is 4. The summed E-state index contributed by atoms with van der Waals surface area (Å²) in [7, 11) is -1.99. The minimum Gasteiger partial charge on any atom is -0.361 e. The summed E-state index contributed by atoms with van der Waals surface area (Å²) in [6.45, 7) is 2.43. The molecule has 30 heavy (non-hydrogen) atoms. The Hall–Kier alpha value is -3.07. The number of aromatic amines is 1. The Morgan fingerprint density at radius 3 is 2.67 bits per heavy atom. The van der Waals surface area contributed by atoms with E-state index in [0.29, 0.717) is 18.1 Å². The monoisotopic (exact) mass is 431 g/mol. The van der Waals surface area contributed by atoms with Gasteiger partial charge >= 0.3 is 0 Å². The molecule has 1 aromatic heterocycles. The van der Waals surface area contributed by atoms with E-state index in [9.17, 15) is 12.8 Å². The zero-order chi connectivity index (χ0) is 21.6. The van der Waals surface area contributed by atoms with Crippen LogP contribution in [0, 0.1) is 12.7 Å². The smallest absolute Gasteiger partial charge is 0.234 e. The predicted octanol–water partition coefficient (Wildman–Crippen LogP) is 2.76. The molecular weight excluding hydrogens is 405 g/mol. The number of aromatic nitrogens is 1. The number of sulfonamides is 1. The molecule has 160 valence electrons. The van der Waals surface area contributed by atoms with Gasteiger partial charge in [0.2, 0.25) is 10.0 Å². The zero-order valence-corrected chi connectivity index (χ0v) is 17.8. The topological polar surface area (TPSA) is 98.4 Å². The molecule has 0 fully saturated rings. The highest BCUT2D eigenvalue weighted by atomic mass is 32.2. The fourth-order valence-electron chi connectivity index (χ4n) is 3.07. The number of aliphatic imine (C=N–C) groups is 1. The molecule has 0 spiro atoms. The van der Waals surface area contributed by atoms with Crippen molar-refractivity contribution in [2.45, 2.75) is 13.3 Å². The van der Waals surface area contributed by atoms with Crippen LogP contribution >= 0.6 is 0 Å². The molecule has 3 aromatic rings. The Morgan fingerprint density at radius 2 is 1.90 bits per heavy atom. The van der Waals surface area contributed by atoms with E-state index in [1.807, 2.05) is 24.4 Å². The second-order valence-corrected chi connectivity index (χ2v) is 8.76. The molecule has 0 aliphatic rings. The van der Waals surface area contributed by atoms with Crippen LogP contribution in [0.2, 0.25) is 0 Å². The van der Waals surface area contributed by atoms with Crippen molar-refractivity contribution in [2.75, 3.05) is 30.6 Å². The number of rotatable bonds is 8. The summed E-state index contributed by atoms with van der Waals surface area (Å²) in [6, 6.07) is 12.3. The number of H-pyrrole nitrogens is 1. The summed E-state index contributed by atoms with van der Waals surface area (Å²) in [6.07, 6.45) is 2.79. The number of anilines is 1. The van der Waals surface area contributed by atoms with Gasteiger partial charge < -0.3 is 15.6 Å². The standard InChI is InChI=1S/C21H26FN5O2S/c1-15-7-8-17(13-19(15)22)27-30(28,29)12-11-25-21(23-2)24-10-9-16-14-26-20-6-4-3-5-18(16)20/h3-8,13-14,26-27H,9-12H2,1-2H3,(H2,23,24,25). The summed E-state index contributed by atoms with van der Waals surface area (Å²) in [5.74, 6) is -0.106. The molecule has 3 rings (SSSR count). The van der Waals surface area contributed by atoms with Gasteiger partial charge in [0, 0.05) is 37.2 Å². The van der Waals surface area contributed by atoms with Gasteiger partial charge in [0.25, 0.3) is 0 Å². The molecule has 0 radical (unpaired) electrons. The highest BCUT2D eigenvalue weighted by molar-refractivity contribution is 7.92. The van der Waals surface area contributed by atoms with E-state index >= 15 is 0 Å². The average molecular weight is 432 g/mol. The molecule has 0 unspecified atom stereocenters. The van der Waals surface area contributed by atoms with Gasteiger partial charge in [-0.25, -0.2) is 12.8 Å². The third kappa shape index (κ3) is 5.73. The molecule has 2 aromatic carbocycles. The number of benzene rings is 2. The van der Waals surface area contributed by atoms with Gasteiger partial charge in [-0.05, 0) is 42.7 Å². The Morgan fingerprint density at radius 1 is 1.13 bits per heavy atom. The lowest BCUT2D eigenvalue weighted by atomic mass is 10.1. The maximum atomic E-state index is 13.6. The number of fused-ring (bicyclic) bond motifs is 1. The molecule has 7 nitrogen and oxygen atoms in total. The van der Waals surface area contributed by atoms with Crippen LogP contribution in [0.3, 0.4) is 0 Å². The molecule has 0 aliphatic carbocycles. The van der Waals surface area contributed by atoms with Crippen molar-refractivity contribution in [3.63, 3.8) is 0 Å². The lowest BCUT2D eigenvalue weighted by Crippen LogP contribution is -2.40. The maximum absolute atomic E-state index is 13.6. The van der Waals surface area contributed by atoms with Gasteiger partial charge in [-0.3, -0.25) is 9.71 Å². The molecule has 0 saturated heterocycles. The SMILES string of the molecule is CN=C(NCCc1c[nH]c2ccccc12)NCCS(=O)(=O)Nc1ccc(C)c(F)c1. The largest absolute Gasteiger partial charge is 0.361 e. The number of nitrogens with zero attached hydrogens (tertiary/aromatic N) is 1. The van der Waals surface area contributed by atoms with Gasteiger partial charge in [0.1, 0.15) is 5.82 Å². The quantitative estimate of drug-likeness (QED) is 0.326. The van der Waals surface area contributed by atoms with Gasteiger partial charge in [-0.1, -0.05) is 24.3 Å². The van der Waals surface area contributed by atoms with Crippen molar-refractivity contribution < 1.29 is 12.8 Å². The molecular formula is C21H26FN5O2S. The second kappa shape index (κ2) is 9.62. The lowest BCUT2D eigenvalue weighted by Gasteiger charge is -2.13. The van der Waals surface area contributed by atoms with Crippen molar-refractivity contribution in [1.82, 2.24) is 15.6 Å². The zero-order valence-electron chi connectivity index (χ0n) is 17.0. The van der Waals surface area contributed by atoms with Gasteiger partial charge in [0.05, 0.1) is 11.4 Å². The van der Waals surface area contributed by atoms with Crippen LogP contribution in [-0.4, -0.2) is 45.3 Å². The van der Waals surface area contributed by atoms with E-state index in [1.165, 1.54) is 29.1 Å². The van der Waals surface area contributed by atoms with Crippen LogP contribution in [0.1, 0.15) is 11.1 Å². The Kier molecular flexibility index (Phi) is 6.94. The number of aryl methyl sites for hydroxylation is 1. The number of hydrogen-bond donors (Lipinski definition) is 4. The fraction of sp³-hybridized carbons (Fsp3) is 0.286. The second-order valence-electron chi connectivity index (χ2n) is 6.92. The van der Waals surface area contributed by atoms with E-state index in [4.69, 9.17) is 0 Å². The molecule has 0 atom stereocenters. The Bertz CT molecular complexity index is 1140. The summed E-state index contributed by atoms with van der Waals surface area (Å²) >= 11 is 0. The van der Waals surface area contributed by atoms with Crippen LogP contribution < -0.4 is 15.4 Å². The summed E-state index contributed by atoms with van der Waals surface area (Å²) in [5.41, 5.74) is 2.97. The maximum Gasteiger partial charge on any atom is 0.234 e. The van der Waals surface area contributed by atoms with Crippen molar-refractivity contribution >= 4 is 32.6 Å². The fourth-order valence-corrected chi connectivity index (χ4v) is 4.02. The van der Waals surface area contributed by atoms with E-state index < -0.39 is 15.8 Å². The van der Waals surface area contributed by atoms with Crippen molar-refractivity contribution in [2.24, 2.45) is 4.99 Å². The molecule has 0 saturated carbocycles. The third-order valence-corrected chi connectivity index (χ3v) is 5.98. The van der Waals surface area contributed by atoms with Crippen LogP contribution in [0.4, 0.5) is 10.1 Å². The number of hydrogen-bond acceptors (Lipinski definition) is 3. The molecule has 0 aliphatic heterocycles. The van der Waals surface area contributed by atoms with Gasteiger partial charge in [0.15, 0.2) is 5.96 Å². The lowest BCUT2D eigenvalue weighted by molar-refractivity contribution is 0.599. The highest BCUT2D eigenvalue weighted by Gasteiger charge is 2.12. The molecule has 4 N–H and O–H groups in total. The van der Waals surface area contributed by atoms with Gasteiger partial charge in [-0.15, -0.1) is 0 Å². The van der Waals surface area contributed by atoms with E-state index in [0.717, 1.165) is 11.9 Å². The van der Waals surface area contributed by atoms with E-state index in [-0.39, 0.29) is 18.0 Å². The van der Waals surface area contributed by atoms with Gasteiger partial charge in [-0.2, -0.15) is 0 Å². The summed E-state index contributed by atoms with van der Waals surface area (Å²) in [5, 5.41) is 7.36. The van der Waals surface area contributed by atoms with Crippen molar-refractivity contribution in [3.8, 4) is 0 Å². The first-order chi connectivity index (χ1) is 14.4. The Labute approximate surface area is 175 Å². The summed E-state index contributed by atoms with van der Waals surface area (Å²) in [4.78, 5) is 7.36. The molecule has 0 amide bonds. The van der Waals surface area contributed by atoms with E-state index in [2.05, 4.69) is 31.4 Å². The molecule has 0 bridgehead atoms. The predicted molar refractivity (Wildman–Crippen MR) is 120 cm³/mol. The van der Waals surface area contributed by atoms with E-state index in [1.54, 1.807) is 14.0 Å². The third-order valence-electron chi connectivity index (χ3n) is 4.69. The first-order valence-corrected chi connectivity index (χ1v) is 11.3. The minimum atomic E-state index is -3.61. The van der Waals surface area contributed by atoms with Crippen molar-refractivity contribution in [3.05, 3.63) is 65.6 Å². The first-order valence-electron chi connectivity index (χ1n) is 9.64. The number of guanidine groups is 1. The molecule has 1 heterocycles. The van der Waals surface area contributed by atoms with Crippen molar-refractivity contribution in [1.29, 1.82) is 0 Å². The normalized spacial score (nSPS) is 12.2. The highest BCUT2D eigenvalue weighted by Crippen LogP contribution is 2.17. The van der Waals surface area contributed by atoms with Crippen LogP contribution in [0.25, 0.3) is 10.9 Å². The average Bonchev–Trinajstić information content (AvgIpc) is 3.12. The number of para-hydroxylation sites is 1. The summed E-state index contributed by atoms with van der Waals surface area (Å²) < 4.78 is 40.4.